The number of aromatic amines is 2. The zero-order chi connectivity index (χ0) is 52.8. The van der Waals surface area contributed by atoms with E-state index in [1.54, 1.807) is 12.4 Å². The largest absolute Gasteiger partial charge is 0.370 e. The van der Waals surface area contributed by atoms with Gasteiger partial charge in [-0.15, -0.1) is 0 Å². The number of aromatic nitrogens is 2. The third kappa shape index (κ3) is 21.3. The molecule has 0 saturated heterocycles. The van der Waals surface area contributed by atoms with Gasteiger partial charge < -0.3 is 65.2 Å². The van der Waals surface area contributed by atoms with E-state index < -0.39 is 59.7 Å². The van der Waals surface area contributed by atoms with Crippen LogP contribution in [0.4, 0.5) is 0 Å². The lowest BCUT2D eigenvalue weighted by atomic mass is 10.00. The van der Waals surface area contributed by atoms with Crippen LogP contribution in [0.15, 0.2) is 65.9 Å². The molecule has 73 heavy (non-hydrogen) atoms. The van der Waals surface area contributed by atoms with Crippen molar-refractivity contribution in [2.45, 2.75) is 178 Å². The number of amides is 6. The number of para-hydroxylation sites is 2. The second-order valence-electron chi connectivity index (χ2n) is 19.2. The number of guanidine groups is 1. The van der Waals surface area contributed by atoms with Crippen LogP contribution >= 0.6 is 0 Å². The van der Waals surface area contributed by atoms with Crippen molar-refractivity contribution in [1.29, 1.82) is 0 Å². The number of benzene rings is 2. The first-order chi connectivity index (χ1) is 35.3. The first kappa shape index (κ1) is 59.1. The van der Waals surface area contributed by atoms with Gasteiger partial charge in [0.25, 0.3) is 0 Å². The molecule has 402 valence electrons. The summed E-state index contributed by atoms with van der Waals surface area (Å²) in [6.07, 6.45) is 19.5. The van der Waals surface area contributed by atoms with Crippen molar-refractivity contribution < 1.29 is 28.8 Å². The van der Waals surface area contributed by atoms with Crippen molar-refractivity contribution in [3.8, 4) is 0 Å². The number of primary amides is 1. The quantitative estimate of drug-likeness (QED) is 0.0171. The molecule has 19 heteroatoms. The monoisotopic (exact) mass is 1010 g/mol. The highest BCUT2D eigenvalue weighted by Gasteiger charge is 2.33. The predicted molar refractivity (Wildman–Crippen MR) is 290 cm³/mol. The Kier molecular flexibility index (Phi) is 27.0. The minimum absolute atomic E-state index is 0.00199. The first-order valence-corrected chi connectivity index (χ1v) is 26.7. The number of H-pyrrole nitrogens is 2. The summed E-state index contributed by atoms with van der Waals surface area (Å²) in [5.74, 6) is -3.65. The van der Waals surface area contributed by atoms with E-state index in [1.807, 2.05) is 48.5 Å². The summed E-state index contributed by atoms with van der Waals surface area (Å²) >= 11 is 0. The number of unbranched alkanes of at least 4 members (excludes halogenated alkanes) is 12. The molecule has 2 heterocycles. The Hall–Kier alpha value is -6.47. The summed E-state index contributed by atoms with van der Waals surface area (Å²) in [5.41, 5.74) is 31.5. The predicted octanol–water partition coefficient (Wildman–Crippen LogP) is 4.36. The standard InChI is InChI=1S/C54H85N13O6/c1-2-3-4-5-6-7-8-9-10-11-12-29-48(68)63-44(28-21-32-60-54(58)59)50(70)65-45(27-18-20-31-56)51(71)66-47(34-38-36-62-42-25-16-14-23-40(38)42)53(73)67-46(33-37-35-61-41-24-15-13-22-39(37)41)52(72)64-43(49(57)69)26-17-19-30-55/h13-16,22-25,35-36,43-47,61-62H,2-12,17-21,26-34,55-56H2,1H3,(H2,57,69)(H,63,68)(H,64,72)(H,65,70)(H,66,71)(H,67,73)(H4,58,59,60)/t43-,44-,45-,46-,47-/m0/s1. The smallest absolute Gasteiger partial charge is 0.243 e. The summed E-state index contributed by atoms with van der Waals surface area (Å²) < 4.78 is 0. The van der Waals surface area contributed by atoms with Crippen LogP contribution in [0.25, 0.3) is 21.8 Å². The SMILES string of the molecule is CCCCCCCCCCCCCC(=O)N[C@@H](CCCN=C(N)N)C(=O)N[C@@H](CCCCN)C(=O)N[C@@H](Cc1c[nH]c2ccccc12)C(=O)N[C@@H](Cc1c[nH]c2ccccc12)C(=O)N[C@@H](CCCCN)C(N)=O. The highest BCUT2D eigenvalue weighted by molar-refractivity contribution is 5.97. The maximum Gasteiger partial charge on any atom is 0.243 e. The Bertz CT molecular complexity index is 2340. The average molecular weight is 1010 g/mol. The van der Waals surface area contributed by atoms with Gasteiger partial charge in [0, 0.05) is 60.0 Å². The molecule has 0 spiro atoms. The summed E-state index contributed by atoms with van der Waals surface area (Å²) in [4.78, 5) is 94.4. The molecule has 0 aliphatic rings. The number of nitrogens with two attached hydrogens (primary N) is 5. The number of nitrogens with zero attached hydrogens (tertiary/aromatic N) is 1. The molecule has 0 saturated carbocycles. The van der Waals surface area contributed by atoms with Crippen molar-refractivity contribution in [3.05, 3.63) is 72.1 Å². The van der Waals surface area contributed by atoms with Crippen molar-refractivity contribution in [1.82, 2.24) is 36.6 Å². The highest BCUT2D eigenvalue weighted by atomic mass is 16.2. The van der Waals surface area contributed by atoms with Crippen LogP contribution in [0.2, 0.25) is 0 Å². The van der Waals surface area contributed by atoms with Gasteiger partial charge in [0.1, 0.15) is 30.2 Å². The van der Waals surface area contributed by atoms with E-state index in [-0.39, 0.29) is 56.9 Å². The molecule has 2 aromatic carbocycles. The Balaban J connectivity index is 1.56. The van der Waals surface area contributed by atoms with Crippen LogP contribution in [-0.4, -0.2) is 101 Å². The molecule has 0 bridgehead atoms. The molecule has 5 atom stereocenters. The Morgan fingerprint density at radius 3 is 1.38 bits per heavy atom. The van der Waals surface area contributed by atoms with Gasteiger partial charge in [-0.1, -0.05) is 108 Å². The topological polar surface area (TPSA) is 337 Å². The fourth-order valence-corrected chi connectivity index (χ4v) is 9.08. The van der Waals surface area contributed by atoms with E-state index in [2.05, 4.69) is 48.5 Å². The third-order valence-corrected chi connectivity index (χ3v) is 13.3. The number of carbonyl (C=O) groups is 6. The Labute approximate surface area is 430 Å². The van der Waals surface area contributed by atoms with Gasteiger partial charge in [0.2, 0.25) is 35.4 Å². The molecular weight excluding hydrogens is 927 g/mol. The fraction of sp³-hybridized carbons (Fsp3) is 0.574. The molecular formula is C54H85N13O6. The van der Waals surface area contributed by atoms with E-state index >= 15 is 0 Å². The minimum atomic E-state index is -1.27. The van der Waals surface area contributed by atoms with Gasteiger partial charge in [0.05, 0.1) is 0 Å². The van der Waals surface area contributed by atoms with Crippen molar-refractivity contribution in [2.75, 3.05) is 19.6 Å². The lowest BCUT2D eigenvalue weighted by Gasteiger charge is -2.27. The van der Waals surface area contributed by atoms with Crippen molar-refractivity contribution in [3.63, 3.8) is 0 Å². The number of fused-ring (bicyclic) bond motifs is 2. The average Bonchev–Trinajstić information content (AvgIpc) is 3.98. The maximum atomic E-state index is 14.8. The first-order valence-electron chi connectivity index (χ1n) is 26.7. The third-order valence-electron chi connectivity index (χ3n) is 13.3. The molecule has 4 rings (SSSR count). The lowest BCUT2D eigenvalue weighted by Crippen LogP contribution is -2.59. The number of aliphatic imine (C=N–C) groups is 1. The number of hydrogen-bond acceptors (Lipinski definition) is 9. The van der Waals surface area contributed by atoms with Gasteiger partial charge in [-0.25, -0.2) is 0 Å². The van der Waals surface area contributed by atoms with E-state index in [4.69, 9.17) is 28.7 Å². The number of carbonyl (C=O) groups excluding carboxylic acids is 6. The molecule has 6 amide bonds. The fourth-order valence-electron chi connectivity index (χ4n) is 9.08. The number of hydrogen-bond donors (Lipinski definition) is 12. The molecule has 4 aromatic rings. The van der Waals surface area contributed by atoms with E-state index in [0.29, 0.717) is 57.2 Å². The molecule has 0 fully saturated rings. The zero-order valence-electron chi connectivity index (χ0n) is 43.1. The number of rotatable bonds is 38. The zero-order valence-corrected chi connectivity index (χ0v) is 43.1. The summed E-state index contributed by atoms with van der Waals surface area (Å²) in [6, 6.07) is 9.41. The van der Waals surface area contributed by atoms with E-state index in [1.165, 1.54) is 44.9 Å². The van der Waals surface area contributed by atoms with E-state index in [0.717, 1.165) is 46.6 Å². The Morgan fingerprint density at radius 1 is 0.493 bits per heavy atom. The molecule has 2 aromatic heterocycles. The lowest BCUT2D eigenvalue weighted by molar-refractivity contribution is -0.135. The Morgan fingerprint density at radius 2 is 0.904 bits per heavy atom. The minimum Gasteiger partial charge on any atom is -0.370 e. The van der Waals surface area contributed by atoms with Crippen LogP contribution < -0.4 is 55.3 Å². The van der Waals surface area contributed by atoms with Gasteiger partial charge in [-0.05, 0) is 94.1 Å². The molecule has 0 unspecified atom stereocenters. The molecule has 19 nitrogen and oxygen atoms in total. The normalized spacial score (nSPS) is 13.4. The summed E-state index contributed by atoms with van der Waals surface area (Å²) in [7, 11) is 0. The van der Waals surface area contributed by atoms with Crippen molar-refractivity contribution in [2.24, 2.45) is 33.7 Å². The van der Waals surface area contributed by atoms with Gasteiger partial charge in [-0.2, -0.15) is 0 Å². The van der Waals surface area contributed by atoms with Crippen LogP contribution in [-0.2, 0) is 41.6 Å². The second kappa shape index (κ2) is 33.3. The maximum absolute atomic E-state index is 14.8. The molecule has 0 aliphatic heterocycles. The van der Waals surface area contributed by atoms with Crippen LogP contribution in [0, 0.1) is 0 Å². The molecule has 0 radical (unpaired) electrons. The highest BCUT2D eigenvalue weighted by Crippen LogP contribution is 2.22. The van der Waals surface area contributed by atoms with Gasteiger partial charge >= 0.3 is 0 Å². The van der Waals surface area contributed by atoms with Crippen LogP contribution in [0.5, 0.6) is 0 Å². The summed E-state index contributed by atoms with van der Waals surface area (Å²) in [6.45, 7) is 3.19. The van der Waals surface area contributed by atoms with Crippen LogP contribution in [0.3, 0.4) is 0 Å². The van der Waals surface area contributed by atoms with Gasteiger partial charge in [-0.3, -0.25) is 33.8 Å². The van der Waals surface area contributed by atoms with E-state index in [9.17, 15) is 28.8 Å². The second-order valence-corrected chi connectivity index (χ2v) is 19.2. The number of nitrogens with one attached hydrogen (secondary N) is 7. The summed E-state index contributed by atoms with van der Waals surface area (Å²) in [5, 5.41) is 16.0. The van der Waals surface area contributed by atoms with Crippen LogP contribution in [0.1, 0.15) is 146 Å². The van der Waals surface area contributed by atoms with Crippen molar-refractivity contribution >= 4 is 63.2 Å². The molecule has 0 aliphatic carbocycles. The van der Waals surface area contributed by atoms with Gasteiger partial charge in [0.15, 0.2) is 5.96 Å². The molecule has 17 N–H and O–H groups in total.